The first-order chi connectivity index (χ1) is 23.0. The molecular weight excluding hydrogens is 588 g/mol. The zero-order chi connectivity index (χ0) is 32.8. The molecule has 5 aromatic carbocycles. The van der Waals surface area contributed by atoms with E-state index in [1.54, 1.807) is 26.4 Å². The van der Waals surface area contributed by atoms with Crippen molar-refractivity contribution in [2.24, 2.45) is 0 Å². The van der Waals surface area contributed by atoms with Crippen LogP contribution in [-0.4, -0.2) is 50.0 Å². The van der Waals surface area contributed by atoms with Gasteiger partial charge in [0.2, 0.25) is 0 Å². The van der Waals surface area contributed by atoms with E-state index >= 15 is 0 Å². The van der Waals surface area contributed by atoms with Crippen LogP contribution in [0.4, 0.5) is 5.69 Å². The summed E-state index contributed by atoms with van der Waals surface area (Å²) < 4.78 is 22.7. The number of benzene rings is 5. The van der Waals surface area contributed by atoms with Gasteiger partial charge in [0, 0.05) is 25.1 Å². The number of hydrogen-bond acceptors (Lipinski definition) is 7. The number of nitrogens with zero attached hydrogens (tertiary/aromatic N) is 1. The van der Waals surface area contributed by atoms with Gasteiger partial charge in [0.05, 0.1) is 19.9 Å². The number of anilines is 1. The van der Waals surface area contributed by atoms with Crippen LogP contribution < -0.4 is 24.7 Å². The maximum Gasteiger partial charge on any atom is 0.142 e. The molecule has 0 aliphatic rings. The van der Waals surface area contributed by atoms with Crippen molar-refractivity contribution in [1.82, 2.24) is 4.90 Å². The molecule has 5 rings (SSSR count). The minimum atomic E-state index is -0.714. The molecule has 7 nitrogen and oxygen atoms in total. The SMILES string of the molecule is COc1ccc(C(CCN(Cc2ccccc2)CC(O)COc2ccc(OCc3ccccc3)c(N)c2)c2ccc(OC)cc2)cc1. The highest BCUT2D eigenvalue weighted by molar-refractivity contribution is 5.56. The summed E-state index contributed by atoms with van der Waals surface area (Å²) in [5.41, 5.74) is 11.4. The van der Waals surface area contributed by atoms with Gasteiger partial charge in [0.25, 0.3) is 0 Å². The topological polar surface area (TPSA) is 86.4 Å². The van der Waals surface area contributed by atoms with Gasteiger partial charge in [-0.15, -0.1) is 0 Å². The van der Waals surface area contributed by atoms with Crippen LogP contribution in [0.15, 0.2) is 127 Å². The first-order valence-electron chi connectivity index (χ1n) is 15.9. The Labute approximate surface area is 278 Å². The van der Waals surface area contributed by atoms with E-state index in [4.69, 9.17) is 24.7 Å². The molecule has 0 aliphatic heterocycles. The summed E-state index contributed by atoms with van der Waals surface area (Å²) in [6.45, 7) is 2.47. The lowest BCUT2D eigenvalue weighted by Crippen LogP contribution is -2.36. The zero-order valence-electron chi connectivity index (χ0n) is 27.1. The fourth-order valence-corrected chi connectivity index (χ4v) is 5.61. The van der Waals surface area contributed by atoms with Gasteiger partial charge >= 0.3 is 0 Å². The summed E-state index contributed by atoms with van der Waals surface area (Å²) in [7, 11) is 3.36. The molecule has 0 saturated carbocycles. The second-order valence-corrected chi connectivity index (χ2v) is 11.5. The van der Waals surface area contributed by atoms with E-state index in [9.17, 15) is 5.11 Å². The smallest absolute Gasteiger partial charge is 0.142 e. The second kappa shape index (κ2) is 17.1. The van der Waals surface area contributed by atoms with Gasteiger partial charge in [-0.2, -0.15) is 0 Å². The number of ether oxygens (including phenoxy) is 4. The van der Waals surface area contributed by atoms with Gasteiger partial charge in [-0.3, -0.25) is 4.90 Å². The van der Waals surface area contributed by atoms with Gasteiger partial charge in [0.15, 0.2) is 0 Å². The Morgan fingerprint density at radius 2 is 1.21 bits per heavy atom. The van der Waals surface area contributed by atoms with Crippen molar-refractivity contribution in [1.29, 1.82) is 0 Å². The minimum Gasteiger partial charge on any atom is -0.497 e. The van der Waals surface area contributed by atoms with E-state index in [1.807, 2.05) is 78.9 Å². The molecule has 0 aliphatic carbocycles. The van der Waals surface area contributed by atoms with Crippen molar-refractivity contribution < 1.29 is 24.1 Å². The number of rotatable bonds is 17. The highest BCUT2D eigenvalue weighted by Gasteiger charge is 2.19. The molecule has 0 radical (unpaired) electrons. The van der Waals surface area contributed by atoms with Crippen LogP contribution >= 0.6 is 0 Å². The van der Waals surface area contributed by atoms with Crippen LogP contribution in [-0.2, 0) is 13.2 Å². The molecule has 47 heavy (non-hydrogen) atoms. The number of nitrogen functional groups attached to an aromatic ring is 1. The Hall–Kier alpha value is -4.98. The van der Waals surface area contributed by atoms with Crippen LogP contribution in [0.2, 0.25) is 0 Å². The van der Waals surface area contributed by atoms with Gasteiger partial charge < -0.3 is 29.8 Å². The third-order valence-electron chi connectivity index (χ3n) is 8.15. The Bertz CT molecular complexity index is 1580. The third kappa shape index (κ3) is 10.0. The fraction of sp³-hybridized carbons (Fsp3) is 0.250. The lowest BCUT2D eigenvalue weighted by Gasteiger charge is -2.28. The molecule has 0 fully saturated rings. The summed E-state index contributed by atoms with van der Waals surface area (Å²) in [6.07, 6.45) is 0.134. The van der Waals surface area contributed by atoms with Crippen LogP contribution in [0.5, 0.6) is 23.0 Å². The first kappa shape index (κ1) is 33.4. The molecule has 5 aromatic rings. The number of methoxy groups -OCH3 is 2. The van der Waals surface area contributed by atoms with E-state index in [0.717, 1.165) is 30.0 Å². The highest BCUT2D eigenvalue weighted by Crippen LogP contribution is 2.31. The normalized spacial score (nSPS) is 11.8. The quantitative estimate of drug-likeness (QED) is 0.104. The van der Waals surface area contributed by atoms with Crippen LogP contribution in [0.3, 0.4) is 0 Å². The predicted octanol–water partition coefficient (Wildman–Crippen LogP) is 7.33. The van der Waals surface area contributed by atoms with Gasteiger partial charge in [-0.25, -0.2) is 0 Å². The van der Waals surface area contributed by atoms with Gasteiger partial charge in [0.1, 0.15) is 42.3 Å². The molecule has 0 bridgehead atoms. The lowest BCUT2D eigenvalue weighted by molar-refractivity contribution is 0.0647. The number of aliphatic hydroxyl groups excluding tert-OH is 1. The van der Waals surface area contributed by atoms with Crippen LogP contribution in [0.1, 0.15) is 34.6 Å². The van der Waals surface area contributed by atoms with E-state index in [1.165, 1.54) is 16.7 Å². The standard InChI is InChI=1S/C40H44N2O5/c1-44-35-17-13-32(14-18-35)38(33-15-19-36(45-2)20-16-33)23-24-42(26-30-9-5-3-6-10-30)27-34(43)29-46-37-21-22-40(39(41)25-37)47-28-31-11-7-4-8-12-31/h3-22,25,34,38,43H,23-24,26-29,41H2,1-2H3. The molecule has 0 spiro atoms. The first-order valence-corrected chi connectivity index (χ1v) is 15.9. The van der Waals surface area contributed by atoms with E-state index in [-0.39, 0.29) is 12.5 Å². The van der Waals surface area contributed by atoms with Crippen molar-refractivity contribution in [2.75, 3.05) is 39.6 Å². The summed E-state index contributed by atoms with van der Waals surface area (Å²) in [4.78, 5) is 2.29. The van der Waals surface area contributed by atoms with E-state index < -0.39 is 6.10 Å². The second-order valence-electron chi connectivity index (χ2n) is 11.5. The van der Waals surface area contributed by atoms with Gasteiger partial charge in [-0.05, 0) is 71.6 Å². The molecular formula is C40H44N2O5. The van der Waals surface area contributed by atoms with Crippen LogP contribution in [0.25, 0.3) is 0 Å². The number of aliphatic hydroxyl groups is 1. The summed E-state index contributed by atoms with van der Waals surface area (Å²) in [5, 5.41) is 11.2. The largest absolute Gasteiger partial charge is 0.497 e. The average molecular weight is 633 g/mol. The van der Waals surface area contributed by atoms with Crippen molar-refractivity contribution >= 4 is 5.69 Å². The number of nitrogens with two attached hydrogens (primary N) is 1. The molecule has 1 atom stereocenters. The zero-order valence-corrected chi connectivity index (χ0v) is 27.1. The molecule has 1 unspecified atom stereocenters. The van der Waals surface area contributed by atoms with E-state index in [2.05, 4.69) is 41.3 Å². The minimum absolute atomic E-state index is 0.134. The van der Waals surface area contributed by atoms with Crippen molar-refractivity contribution in [3.8, 4) is 23.0 Å². The Balaban J connectivity index is 1.24. The highest BCUT2D eigenvalue weighted by atomic mass is 16.5. The Kier molecular flexibility index (Phi) is 12.1. The lowest BCUT2D eigenvalue weighted by atomic mass is 9.88. The summed E-state index contributed by atoms with van der Waals surface area (Å²) in [5.74, 6) is 2.98. The molecule has 3 N–H and O–H groups in total. The van der Waals surface area contributed by atoms with Crippen molar-refractivity contribution in [2.45, 2.75) is 31.6 Å². The fourth-order valence-electron chi connectivity index (χ4n) is 5.61. The third-order valence-corrected chi connectivity index (χ3v) is 8.15. The van der Waals surface area contributed by atoms with Crippen LogP contribution in [0, 0.1) is 0 Å². The molecule has 0 saturated heterocycles. The van der Waals surface area contributed by atoms with Crippen molar-refractivity contribution in [3.05, 3.63) is 150 Å². The van der Waals surface area contributed by atoms with Gasteiger partial charge in [-0.1, -0.05) is 84.9 Å². The number of hydrogen-bond donors (Lipinski definition) is 2. The molecule has 244 valence electrons. The molecule has 0 aromatic heterocycles. The summed E-state index contributed by atoms with van der Waals surface area (Å²) >= 11 is 0. The molecule has 0 amide bonds. The molecule has 0 heterocycles. The maximum absolute atomic E-state index is 11.2. The Morgan fingerprint density at radius 3 is 1.77 bits per heavy atom. The van der Waals surface area contributed by atoms with Crippen molar-refractivity contribution in [3.63, 3.8) is 0 Å². The monoisotopic (exact) mass is 632 g/mol. The maximum atomic E-state index is 11.2. The predicted molar refractivity (Wildman–Crippen MR) is 187 cm³/mol. The Morgan fingerprint density at radius 1 is 0.660 bits per heavy atom. The molecule has 7 heteroatoms. The summed E-state index contributed by atoms with van der Waals surface area (Å²) in [6, 6.07) is 42.2. The van der Waals surface area contributed by atoms with E-state index in [0.29, 0.717) is 36.9 Å². The average Bonchev–Trinajstić information content (AvgIpc) is 3.11.